The van der Waals surface area contributed by atoms with E-state index in [9.17, 15) is 0 Å². The van der Waals surface area contributed by atoms with Crippen molar-refractivity contribution in [1.82, 2.24) is 20.4 Å². The van der Waals surface area contributed by atoms with Crippen molar-refractivity contribution in [3.63, 3.8) is 0 Å². The molecule has 0 spiro atoms. The summed E-state index contributed by atoms with van der Waals surface area (Å²) in [6.07, 6.45) is 1.01. The summed E-state index contributed by atoms with van der Waals surface area (Å²) >= 11 is 0. The summed E-state index contributed by atoms with van der Waals surface area (Å²) in [4.78, 5) is 9.15. The number of aryl methyl sites for hydroxylation is 2. The van der Waals surface area contributed by atoms with E-state index in [0.29, 0.717) is 30.1 Å². The summed E-state index contributed by atoms with van der Waals surface area (Å²) in [6, 6.07) is 2.00. The topological polar surface area (TPSA) is 82.3 Å². The highest BCUT2D eigenvalue weighted by atomic mass is 16.5. The molecule has 0 saturated carbocycles. The second-order valence-electron chi connectivity index (χ2n) is 6.71. The van der Waals surface area contributed by atoms with Crippen LogP contribution >= 0.6 is 0 Å². The summed E-state index contributed by atoms with van der Waals surface area (Å²) < 4.78 is 16.9. The average molecular weight is 330 g/mol. The van der Waals surface area contributed by atoms with Crippen LogP contribution in [0, 0.1) is 19.8 Å². The number of nitrogens with zero attached hydrogens (tertiary/aromatic N) is 3. The minimum atomic E-state index is -0.219. The van der Waals surface area contributed by atoms with Gasteiger partial charge in [-0.2, -0.15) is 4.98 Å². The van der Waals surface area contributed by atoms with Crippen molar-refractivity contribution in [2.45, 2.75) is 25.7 Å². The molecule has 2 aromatic heterocycles. The Labute approximate surface area is 140 Å². The minimum Gasteiger partial charge on any atom is -0.480 e. The van der Waals surface area contributed by atoms with Gasteiger partial charge in [-0.1, -0.05) is 5.16 Å². The standard InChI is InChI=1S/C17H22N4O3/c1-10-6-11(2)19-15(22-3)13(10)14-20-16(24-21-14)17-8-18-7-12(17)4-5-23-9-17/h6,12,18H,4-5,7-9H2,1-3H3/t12-,17+/m1/s1. The molecular formula is C17H22N4O3. The van der Waals surface area contributed by atoms with Gasteiger partial charge in [0.2, 0.25) is 17.6 Å². The second-order valence-corrected chi connectivity index (χ2v) is 6.71. The molecule has 2 fully saturated rings. The number of fused-ring (bicyclic) bond motifs is 1. The van der Waals surface area contributed by atoms with E-state index in [1.54, 1.807) is 7.11 Å². The normalized spacial score (nSPS) is 26.4. The predicted octanol–water partition coefficient (Wildman–Crippen LogP) is 1.63. The van der Waals surface area contributed by atoms with Crippen LogP contribution in [-0.4, -0.2) is 48.5 Å². The molecule has 7 heteroatoms. The Morgan fingerprint density at radius 1 is 1.33 bits per heavy atom. The molecule has 0 aliphatic carbocycles. The van der Waals surface area contributed by atoms with Crippen molar-refractivity contribution in [3.05, 3.63) is 23.2 Å². The van der Waals surface area contributed by atoms with Crippen molar-refractivity contribution in [2.75, 3.05) is 33.4 Å². The Balaban J connectivity index is 1.76. The smallest absolute Gasteiger partial charge is 0.237 e. The molecule has 0 radical (unpaired) electrons. The molecule has 7 nitrogen and oxygen atoms in total. The molecule has 1 N–H and O–H groups in total. The Bertz CT molecular complexity index is 760. The predicted molar refractivity (Wildman–Crippen MR) is 87.0 cm³/mol. The fraction of sp³-hybridized carbons (Fsp3) is 0.588. The quantitative estimate of drug-likeness (QED) is 0.916. The third kappa shape index (κ3) is 2.31. The lowest BCUT2D eigenvalue weighted by Gasteiger charge is -2.34. The molecule has 0 unspecified atom stereocenters. The van der Waals surface area contributed by atoms with Gasteiger partial charge >= 0.3 is 0 Å². The molecule has 24 heavy (non-hydrogen) atoms. The zero-order valence-electron chi connectivity index (χ0n) is 14.3. The van der Waals surface area contributed by atoms with E-state index in [2.05, 4.69) is 15.5 Å². The largest absolute Gasteiger partial charge is 0.480 e. The number of pyridine rings is 1. The summed E-state index contributed by atoms with van der Waals surface area (Å²) in [5.41, 5.74) is 2.48. The van der Waals surface area contributed by atoms with E-state index in [-0.39, 0.29) is 5.41 Å². The van der Waals surface area contributed by atoms with Crippen LogP contribution in [0.2, 0.25) is 0 Å². The van der Waals surface area contributed by atoms with E-state index in [1.165, 1.54) is 0 Å². The summed E-state index contributed by atoms with van der Waals surface area (Å²) in [5, 5.41) is 7.68. The van der Waals surface area contributed by atoms with Crippen LogP contribution in [0.3, 0.4) is 0 Å². The molecule has 2 atom stereocenters. The van der Waals surface area contributed by atoms with Gasteiger partial charge in [0.25, 0.3) is 0 Å². The Morgan fingerprint density at radius 2 is 2.21 bits per heavy atom. The first-order valence-corrected chi connectivity index (χ1v) is 8.29. The highest BCUT2D eigenvalue weighted by Gasteiger charge is 2.50. The monoisotopic (exact) mass is 330 g/mol. The molecule has 0 bridgehead atoms. The van der Waals surface area contributed by atoms with Crippen LogP contribution in [0.15, 0.2) is 10.6 Å². The number of aromatic nitrogens is 3. The van der Waals surface area contributed by atoms with Crippen molar-refractivity contribution >= 4 is 0 Å². The lowest BCUT2D eigenvalue weighted by molar-refractivity contribution is 0.00198. The molecule has 2 aliphatic heterocycles. The maximum atomic E-state index is 5.74. The fourth-order valence-corrected chi connectivity index (χ4v) is 3.90. The van der Waals surface area contributed by atoms with E-state index >= 15 is 0 Å². The van der Waals surface area contributed by atoms with Crippen molar-refractivity contribution in [3.8, 4) is 17.3 Å². The molecule has 0 amide bonds. The maximum absolute atomic E-state index is 5.74. The fourth-order valence-electron chi connectivity index (χ4n) is 3.90. The molecule has 2 saturated heterocycles. The van der Waals surface area contributed by atoms with Crippen molar-refractivity contribution < 1.29 is 14.0 Å². The van der Waals surface area contributed by atoms with E-state index in [4.69, 9.17) is 19.0 Å². The zero-order valence-corrected chi connectivity index (χ0v) is 14.3. The van der Waals surface area contributed by atoms with Gasteiger partial charge in [-0.15, -0.1) is 0 Å². The first-order valence-electron chi connectivity index (χ1n) is 8.29. The van der Waals surface area contributed by atoms with Gasteiger partial charge in [0.1, 0.15) is 0 Å². The molecule has 2 aromatic rings. The van der Waals surface area contributed by atoms with Gasteiger partial charge in [0, 0.05) is 18.8 Å². The first-order chi connectivity index (χ1) is 11.6. The maximum Gasteiger partial charge on any atom is 0.237 e. The summed E-state index contributed by atoms with van der Waals surface area (Å²) in [6.45, 7) is 7.13. The first kappa shape index (κ1) is 15.5. The molecule has 2 aliphatic rings. The van der Waals surface area contributed by atoms with Gasteiger partial charge in [-0.05, 0) is 44.4 Å². The van der Waals surface area contributed by atoms with Gasteiger partial charge in [0.15, 0.2) is 0 Å². The average Bonchev–Trinajstić information content (AvgIpc) is 3.21. The van der Waals surface area contributed by atoms with E-state index < -0.39 is 0 Å². The Hall–Kier alpha value is -1.99. The van der Waals surface area contributed by atoms with E-state index in [1.807, 2.05) is 19.9 Å². The summed E-state index contributed by atoms with van der Waals surface area (Å²) in [5.74, 6) is 2.17. The third-order valence-electron chi connectivity index (χ3n) is 5.16. The lowest BCUT2D eigenvalue weighted by atomic mass is 9.75. The van der Waals surface area contributed by atoms with Crippen LogP contribution in [0.1, 0.15) is 23.6 Å². The number of rotatable bonds is 3. The highest BCUT2D eigenvalue weighted by molar-refractivity contribution is 5.66. The van der Waals surface area contributed by atoms with Gasteiger partial charge in [-0.3, -0.25) is 0 Å². The number of methoxy groups -OCH3 is 1. The highest BCUT2D eigenvalue weighted by Crippen LogP contribution is 2.41. The summed E-state index contributed by atoms with van der Waals surface area (Å²) in [7, 11) is 1.61. The molecule has 4 heterocycles. The number of nitrogens with one attached hydrogen (secondary N) is 1. The zero-order chi connectivity index (χ0) is 16.7. The molecule has 128 valence electrons. The van der Waals surface area contributed by atoms with Crippen LogP contribution in [0.4, 0.5) is 0 Å². The van der Waals surface area contributed by atoms with Crippen LogP contribution in [0.5, 0.6) is 5.88 Å². The Morgan fingerprint density at radius 3 is 3.04 bits per heavy atom. The molecule has 4 rings (SSSR count). The van der Waals surface area contributed by atoms with Crippen LogP contribution in [0.25, 0.3) is 11.4 Å². The number of ether oxygens (including phenoxy) is 2. The number of hydrogen-bond acceptors (Lipinski definition) is 7. The lowest BCUT2D eigenvalue weighted by Crippen LogP contribution is -2.44. The van der Waals surface area contributed by atoms with Crippen molar-refractivity contribution in [2.24, 2.45) is 5.92 Å². The van der Waals surface area contributed by atoms with Crippen molar-refractivity contribution in [1.29, 1.82) is 0 Å². The molecular weight excluding hydrogens is 308 g/mol. The molecule has 0 aromatic carbocycles. The second kappa shape index (κ2) is 5.82. The van der Waals surface area contributed by atoms with E-state index in [0.717, 1.165) is 42.9 Å². The van der Waals surface area contributed by atoms with Crippen LogP contribution in [-0.2, 0) is 10.2 Å². The van der Waals surface area contributed by atoms with Gasteiger partial charge in [0.05, 0.1) is 24.7 Å². The van der Waals surface area contributed by atoms with Gasteiger partial charge < -0.3 is 19.3 Å². The van der Waals surface area contributed by atoms with Crippen LogP contribution < -0.4 is 10.1 Å². The van der Waals surface area contributed by atoms with Gasteiger partial charge in [-0.25, -0.2) is 4.98 Å². The third-order valence-corrected chi connectivity index (χ3v) is 5.16. The SMILES string of the molecule is COc1nc(C)cc(C)c1-c1noc([C@]23CNC[C@H]2CCOC3)n1. The Kier molecular flexibility index (Phi) is 3.77. The number of hydrogen-bond donors (Lipinski definition) is 1. The minimum absolute atomic E-state index is 0.219.